The molecule has 0 aliphatic carbocycles. The molecular weight excluding hydrogens is 242 g/mol. The van der Waals surface area contributed by atoms with Gasteiger partial charge in [-0.2, -0.15) is 0 Å². The number of nitrogens with one attached hydrogen (secondary N) is 2. The molecule has 18 heavy (non-hydrogen) atoms. The van der Waals surface area contributed by atoms with Crippen molar-refractivity contribution in [1.29, 1.82) is 0 Å². The van der Waals surface area contributed by atoms with E-state index in [9.17, 15) is 14.4 Å². The second kappa shape index (κ2) is 9.23. The van der Waals surface area contributed by atoms with Crippen molar-refractivity contribution in [1.82, 2.24) is 10.6 Å². The van der Waals surface area contributed by atoms with Crippen LogP contribution in [-0.4, -0.2) is 49.3 Å². The zero-order chi connectivity index (χ0) is 14.0. The lowest BCUT2D eigenvalue weighted by molar-refractivity contribution is -0.141. The second-order valence-corrected chi connectivity index (χ2v) is 3.73. The molecule has 8 heteroatoms. The Hall–Kier alpha value is -1.83. The zero-order valence-electron chi connectivity index (χ0n) is 10.3. The van der Waals surface area contributed by atoms with Crippen molar-refractivity contribution < 1.29 is 24.2 Å². The van der Waals surface area contributed by atoms with Gasteiger partial charge in [-0.15, -0.1) is 0 Å². The summed E-state index contributed by atoms with van der Waals surface area (Å²) in [7, 11) is 0. The molecule has 0 aromatic rings. The summed E-state index contributed by atoms with van der Waals surface area (Å²) in [5.41, 5.74) is 4.84. The standard InChI is InChI=1S/C10H19N3O5/c1-7(9(15)16)2-3-12-10(17)13-4-5-18-6-8(11)14/h7H,2-6H2,1H3,(H2,11,14)(H,15,16)(H2,12,13,17). The number of aliphatic carboxylic acids is 1. The zero-order valence-corrected chi connectivity index (χ0v) is 10.3. The number of nitrogens with two attached hydrogens (primary N) is 1. The number of carboxylic acids is 1. The van der Waals surface area contributed by atoms with Crippen LogP contribution in [0.5, 0.6) is 0 Å². The summed E-state index contributed by atoms with van der Waals surface area (Å²) in [4.78, 5) is 32.0. The Morgan fingerprint density at radius 2 is 1.89 bits per heavy atom. The van der Waals surface area contributed by atoms with Gasteiger partial charge in [0, 0.05) is 13.1 Å². The van der Waals surface area contributed by atoms with Gasteiger partial charge in [0.25, 0.3) is 0 Å². The molecule has 0 spiro atoms. The third-order valence-electron chi connectivity index (χ3n) is 2.06. The normalized spacial score (nSPS) is 11.6. The van der Waals surface area contributed by atoms with Gasteiger partial charge in [-0.25, -0.2) is 4.79 Å². The molecule has 0 saturated heterocycles. The van der Waals surface area contributed by atoms with E-state index in [0.29, 0.717) is 6.42 Å². The minimum atomic E-state index is -0.892. The van der Waals surface area contributed by atoms with E-state index in [1.54, 1.807) is 6.92 Å². The number of amides is 3. The number of carboxylic acid groups (broad SMARTS) is 1. The van der Waals surface area contributed by atoms with Crippen LogP contribution in [0.2, 0.25) is 0 Å². The largest absolute Gasteiger partial charge is 0.481 e. The summed E-state index contributed by atoms with van der Waals surface area (Å²) < 4.78 is 4.82. The first-order valence-electron chi connectivity index (χ1n) is 5.54. The smallest absolute Gasteiger partial charge is 0.314 e. The van der Waals surface area contributed by atoms with Crippen LogP contribution in [0.15, 0.2) is 0 Å². The van der Waals surface area contributed by atoms with Gasteiger partial charge >= 0.3 is 12.0 Å². The number of hydrogen-bond acceptors (Lipinski definition) is 4. The van der Waals surface area contributed by atoms with Crippen molar-refractivity contribution in [3.8, 4) is 0 Å². The monoisotopic (exact) mass is 261 g/mol. The maximum Gasteiger partial charge on any atom is 0.314 e. The van der Waals surface area contributed by atoms with E-state index in [4.69, 9.17) is 15.6 Å². The maximum atomic E-state index is 11.2. The summed E-state index contributed by atoms with van der Waals surface area (Å²) in [6, 6.07) is -0.407. The first-order valence-corrected chi connectivity index (χ1v) is 5.54. The maximum absolute atomic E-state index is 11.2. The summed E-state index contributed by atoms with van der Waals surface area (Å²) in [6.07, 6.45) is 0.362. The molecular formula is C10H19N3O5. The van der Waals surface area contributed by atoms with Crippen LogP contribution in [0.3, 0.4) is 0 Å². The summed E-state index contributed by atoms with van der Waals surface area (Å²) in [5, 5.41) is 13.6. The predicted molar refractivity (Wildman–Crippen MR) is 62.8 cm³/mol. The fraction of sp³-hybridized carbons (Fsp3) is 0.700. The topological polar surface area (TPSA) is 131 Å². The van der Waals surface area contributed by atoms with E-state index in [2.05, 4.69) is 10.6 Å². The second-order valence-electron chi connectivity index (χ2n) is 3.73. The highest BCUT2D eigenvalue weighted by Crippen LogP contribution is 1.99. The molecule has 0 bridgehead atoms. The minimum absolute atomic E-state index is 0.181. The Labute approximate surface area is 105 Å². The molecule has 8 nitrogen and oxygen atoms in total. The van der Waals surface area contributed by atoms with Crippen LogP contribution in [0.25, 0.3) is 0 Å². The van der Waals surface area contributed by atoms with Crippen LogP contribution >= 0.6 is 0 Å². The molecule has 0 heterocycles. The molecule has 0 aliphatic rings. The van der Waals surface area contributed by atoms with E-state index in [0.717, 1.165) is 0 Å². The van der Waals surface area contributed by atoms with Crippen LogP contribution < -0.4 is 16.4 Å². The molecule has 1 unspecified atom stereocenters. The van der Waals surface area contributed by atoms with Crippen molar-refractivity contribution in [3.63, 3.8) is 0 Å². The van der Waals surface area contributed by atoms with Crippen LogP contribution in [0, 0.1) is 5.92 Å². The summed E-state index contributed by atoms with van der Waals surface area (Å²) >= 11 is 0. The van der Waals surface area contributed by atoms with Crippen molar-refractivity contribution in [2.24, 2.45) is 11.7 Å². The Bertz CT molecular complexity index is 295. The van der Waals surface area contributed by atoms with Crippen molar-refractivity contribution in [2.45, 2.75) is 13.3 Å². The van der Waals surface area contributed by atoms with Crippen molar-refractivity contribution >= 4 is 17.9 Å². The quantitative estimate of drug-likeness (QED) is 0.391. The molecule has 104 valence electrons. The van der Waals surface area contributed by atoms with E-state index < -0.39 is 23.8 Å². The highest BCUT2D eigenvalue weighted by molar-refractivity contribution is 5.75. The van der Waals surface area contributed by atoms with Gasteiger partial charge in [0.05, 0.1) is 12.5 Å². The van der Waals surface area contributed by atoms with Gasteiger partial charge in [0.1, 0.15) is 6.61 Å². The first-order chi connectivity index (χ1) is 8.43. The summed E-state index contributed by atoms with van der Waals surface area (Å²) in [5.74, 6) is -1.96. The van der Waals surface area contributed by atoms with E-state index in [1.807, 2.05) is 0 Å². The van der Waals surface area contributed by atoms with Gasteiger partial charge < -0.3 is 26.2 Å². The molecule has 0 rings (SSSR count). The SMILES string of the molecule is CC(CCNC(=O)NCCOCC(N)=O)C(=O)O. The van der Waals surface area contributed by atoms with Gasteiger partial charge in [-0.05, 0) is 6.42 Å². The number of carbonyl (C=O) groups is 3. The Morgan fingerprint density at radius 3 is 2.44 bits per heavy atom. The van der Waals surface area contributed by atoms with Gasteiger partial charge in [-0.3, -0.25) is 9.59 Å². The van der Waals surface area contributed by atoms with Gasteiger partial charge in [0.15, 0.2) is 0 Å². The molecule has 0 aromatic carbocycles. The van der Waals surface area contributed by atoms with Crippen molar-refractivity contribution in [3.05, 3.63) is 0 Å². The number of ether oxygens (including phenoxy) is 1. The van der Waals surface area contributed by atoms with E-state index >= 15 is 0 Å². The van der Waals surface area contributed by atoms with Crippen LogP contribution in [0.1, 0.15) is 13.3 Å². The van der Waals surface area contributed by atoms with Gasteiger partial charge in [-0.1, -0.05) is 6.92 Å². The number of primary amides is 1. The average Bonchev–Trinajstić information content (AvgIpc) is 2.27. The average molecular weight is 261 g/mol. The first kappa shape index (κ1) is 16.2. The third kappa shape index (κ3) is 9.40. The van der Waals surface area contributed by atoms with Crippen molar-refractivity contribution in [2.75, 3.05) is 26.3 Å². The summed E-state index contributed by atoms with van der Waals surface area (Å²) in [6.45, 7) is 2.09. The Balaban J connectivity index is 3.43. The molecule has 0 fully saturated rings. The fourth-order valence-electron chi connectivity index (χ4n) is 0.998. The van der Waals surface area contributed by atoms with Crippen LogP contribution in [0.4, 0.5) is 4.79 Å². The molecule has 0 saturated carbocycles. The molecule has 1 atom stereocenters. The Morgan fingerprint density at radius 1 is 1.28 bits per heavy atom. The predicted octanol–water partition coefficient (Wildman–Crippen LogP) is -1.10. The fourth-order valence-corrected chi connectivity index (χ4v) is 0.998. The van der Waals surface area contributed by atoms with Gasteiger partial charge in [0.2, 0.25) is 5.91 Å². The molecule has 5 N–H and O–H groups in total. The lowest BCUT2D eigenvalue weighted by Crippen LogP contribution is -2.38. The Kier molecular flexibility index (Phi) is 8.29. The lowest BCUT2D eigenvalue weighted by Gasteiger charge is -2.09. The molecule has 0 radical (unpaired) electrons. The highest BCUT2D eigenvalue weighted by atomic mass is 16.5. The van der Waals surface area contributed by atoms with E-state index in [-0.39, 0.29) is 26.3 Å². The number of carbonyl (C=O) groups excluding carboxylic acids is 2. The van der Waals surface area contributed by atoms with Crippen LogP contribution in [-0.2, 0) is 14.3 Å². The number of hydrogen-bond donors (Lipinski definition) is 4. The number of rotatable bonds is 9. The minimum Gasteiger partial charge on any atom is -0.481 e. The van der Waals surface area contributed by atoms with E-state index in [1.165, 1.54) is 0 Å². The molecule has 0 aliphatic heterocycles. The molecule has 0 aromatic heterocycles. The molecule has 3 amide bonds. The number of urea groups is 1. The third-order valence-corrected chi connectivity index (χ3v) is 2.06. The highest BCUT2D eigenvalue weighted by Gasteiger charge is 2.10. The lowest BCUT2D eigenvalue weighted by atomic mass is 10.1.